The molecule has 2 aromatic rings. The predicted octanol–water partition coefficient (Wildman–Crippen LogP) is -3.32. The van der Waals surface area contributed by atoms with Crippen LogP contribution in [0.3, 0.4) is 0 Å². The first kappa shape index (κ1) is 15.3. The molecule has 0 aliphatic heterocycles. The summed E-state index contributed by atoms with van der Waals surface area (Å²) in [6.07, 6.45) is -0.361. The van der Waals surface area contributed by atoms with Crippen molar-refractivity contribution < 1.29 is 44.4 Å². The van der Waals surface area contributed by atoms with Crippen LogP contribution in [0.2, 0.25) is 0 Å². The maximum atomic E-state index is 10.5. The Kier molecular flexibility index (Phi) is 5.16. The second-order valence-corrected chi connectivity index (χ2v) is 3.46. The summed E-state index contributed by atoms with van der Waals surface area (Å²) in [6, 6.07) is 5.63. The van der Waals surface area contributed by atoms with Gasteiger partial charge in [0.2, 0.25) is 0 Å². The maximum Gasteiger partial charge on any atom is 1.00 e. The molecule has 0 atom stereocenters. The van der Waals surface area contributed by atoms with Gasteiger partial charge in [0.15, 0.2) is 5.82 Å². The van der Waals surface area contributed by atoms with E-state index < -0.39 is 10.9 Å². The topological polar surface area (TPSA) is 125 Å². The molecule has 9 heteroatoms. The number of aromatic amines is 1. The number of carboxylic acids is 1. The summed E-state index contributed by atoms with van der Waals surface area (Å²) in [7, 11) is 0. The van der Waals surface area contributed by atoms with Crippen LogP contribution in [-0.2, 0) is 11.2 Å². The van der Waals surface area contributed by atoms with Crippen LogP contribution in [0.4, 0.5) is 5.69 Å². The average molecular weight is 270 g/mol. The van der Waals surface area contributed by atoms with Gasteiger partial charge in [-0.2, -0.15) is 5.10 Å². The second-order valence-electron chi connectivity index (χ2n) is 3.46. The van der Waals surface area contributed by atoms with Crippen molar-refractivity contribution in [2.45, 2.75) is 6.42 Å². The molecular formula is C10H7N4NaO4. The Morgan fingerprint density at radius 2 is 1.95 bits per heavy atom. The molecular weight excluding hydrogens is 263 g/mol. The predicted molar refractivity (Wildman–Crippen MR) is 57.2 cm³/mol. The second kappa shape index (κ2) is 6.41. The van der Waals surface area contributed by atoms with Crippen LogP contribution >= 0.6 is 0 Å². The van der Waals surface area contributed by atoms with Gasteiger partial charge in [-0.3, -0.25) is 15.2 Å². The minimum Gasteiger partial charge on any atom is -0.550 e. The third-order valence-corrected chi connectivity index (χ3v) is 2.18. The van der Waals surface area contributed by atoms with Crippen LogP contribution in [0.1, 0.15) is 5.82 Å². The van der Waals surface area contributed by atoms with E-state index in [0.717, 1.165) is 0 Å². The summed E-state index contributed by atoms with van der Waals surface area (Å²) >= 11 is 0. The third kappa shape index (κ3) is 3.85. The molecule has 0 unspecified atom stereocenters. The Morgan fingerprint density at radius 3 is 2.47 bits per heavy atom. The molecule has 0 radical (unpaired) electrons. The number of carboxylic acid groups (broad SMARTS) is 1. The first-order chi connectivity index (χ1) is 8.56. The first-order valence-electron chi connectivity index (χ1n) is 4.92. The van der Waals surface area contributed by atoms with Gasteiger partial charge >= 0.3 is 29.6 Å². The number of non-ortho nitro benzene ring substituents is 1. The zero-order chi connectivity index (χ0) is 13.1. The molecule has 0 bridgehead atoms. The van der Waals surface area contributed by atoms with E-state index >= 15 is 0 Å². The average Bonchev–Trinajstić information content (AvgIpc) is 2.76. The van der Waals surface area contributed by atoms with E-state index in [-0.39, 0.29) is 53.3 Å². The number of nitrogens with one attached hydrogen (secondary N) is 1. The summed E-state index contributed by atoms with van der Waals surface area (Å²) in [5, 5.41) is 27.1. The van der Waals surface area contributed by atoms with Gasteiger partial charge in [-0.05, 0) is 12.1 Å². The van der Waals surface area contributed by atoms with Crippen LogP contribution < -0.4 is 34.7 Å². The number of benzene rings is 1. The number of H-pyrrole nitrogens is 1. The number of hydrogen-bond donors (Lipinski definition) is 1. The number of rotatable bonds is 4. The fourth-order valence-corrected chi connectivity index (χ4v) is 1.37. The zero-order valence-corrected chi connectivity index (χ0v) is 12.0. The van der Waals surface area contributed by atoms with Gasteiger partial charge in [0.25, 0.3) is 5.69 Å². The molecule has 0 aliphatic rings. The van der Waals surface area contributed by atoms with Gasteiger partial charge in [0.1, 0.15) is 5.82 Å². The Hall–Kier alpha value is -1.77. The summed E-state index contributed by atoms with van der Waals surface area (Å²) in [5.74, 6) is -0.814. The van der Waals surface area contributed by atoms with Gasteiger partial charge in [-0.15, -0.1) is 0 Å². The molecule has 0 saturated heterocycles. The van der Waals surface area contributed by atoms with Crippen LogP contribution in [0.15, 0.2) is 24.3 Å². The molecule has 19 heavy (non-hydrogen) atoms. The minimum absolute atomic E-state index is 0. The van der Waals surface area contributed by atoms with Gasteiger partial charge < -0.3 is 9.90 Å². The number of nitro benzene ring substituents is 1. The molecule has 1 heterocycles. The summed E-state index contributed by atoms with van der Waals surface area (Å²) in [5.41, 5.74) is 0.519. The molecule has 0 amide bonds. The van der Waals surface area contributed by atoms with E-state index in [4.69, 9.17) is 0 Å². The van der Waals surface area contributed by atoms with E-state index in [1.165, 1.54) is 24.3 Å². The number of nitro groups is 1. The van der Waals surface area contributed by atoms with E-state index in [2.05, 4.69) is 15.2 Å². The molecule has 0 aliphatic carbocycles. The number of aliphatic carboxylic acids is 1. The normalized spacial score (nSPS) is 9.68. The van der Waals surface area contributed by atoms with Crippen molar-refractivity contribution in [1.82, 2.24) is 15.2 Å². The number of hydrogen-bond acceptors (Lipinski definition) is 6. The van der Waals surface area contributed by atoms with E-state index in [0.29, 0.717) is 5.56 Å². The van der Waals surface area contributed by atoms with Gasteiger partial charge in [-0.1, -0.05) is 0 Å². The Labute approximate surface area is 129 Å². The summed E-state index contributed by atoms with van der Waals surface area (Å²) < 4.78 is 0. The van der Waals surface area contributed by atoms with Crippen molar-refractivity contribution in [2.24, 2.45) is 0 Å². The number of aromatic nitrogens is 3. The van der Waals surface area contributed by atoms with Crippen molar-refractivity contribution in [3.05, 3.63) is 40.2 Å². The summed E-state index contributed by atoms with van der Waals surface area (Å²) in [4.78, 5) is 24.3. The van der Waals surface area contributed by atoms with Crippen LogP contribution in [0.25, 0.3) is 11.4 Å². The van der Waals surface area contributed by atoms with E-state index in [9.17, 15) is 20.0 Å². The van der Waals surface area contributed by atoms with Crippen molar-refractivity contribution in [2.75, 3.05) is 0 Å². The fourth-order valence-electron chi connectivity index (χ4n) is 1.37. The molecule has 0 saturated carbocycles. The van der Waals surface area contributed by atoms with Gasteiger partial charge in [-0.25, -0.2) is 4.98 Å². The third-order valence-electron chi connectivity index (χ3n) is 2.18. The first-order valence-corrected chi connectivity index (χ1v) is 4.92. The fraction of sp³-hybridized carbons (Fsp3) is 0.100. The quantitative estimate of drug-likeness (QED) is 0.352. The van der Waals surface area contributed by atoms with Crippen LogP contribution in [0.5, 0.6) is 0 Å². The van der Waals surface area contributed by atoms with Crippen molar-refractivity contribution in [3.8, 4) is 11.4 Å². The monoisotopic (exact) mass is 270 g/mol. The smallest absolute Gasteiger partial charge is 0.550 e. The SMILES string of the molecule is O=C([O-])Cc1nc(-c2ccc([N+](=O)[O-])cc2)n[nH]1.[Na+]. The molecule has 92 valence electrons. The number of carbonyl (C=O) groups excluding carboxylic acids is 1. The van der Waals surface area contributed by atoms with E-state index in [1.54, 1.807) is 0 Å². The van der Waals surface area contributed by atoms with Crippen LogP contribution in [-0.4, -0.2) is 26.1 Å². The van der Waals surface area contributed by atoms with E-state index in [1.807, 2.05) is 0 Å². The van der Waals surface area contributed by atoms with Crippen molar-refractivity contribution >= 4 is 11.7 Å². The van der Waals surface area contributed by atoms with Crippen molar-refractivity contribution in [3.63, 3.8) is 0 Å². The molecule has 1 aromatic carbocycles. The van der Waals surface area contributed by atoms with Crippen LogP contribution in [0, 0.1) is 10.1 Å². The number of nitrogens with zero attached hydrogens (tertiary/aromatic N) is 3. The maximum absolute atomic E-state index is 10.5. The molecule has 8 nitrogen and oxygen atoms in total. The largest absolute Gasteiger partial charge is 1.00 e. The molecule has 2 rings (SSSR count). The van der Waals surface area contributed by atoms with Gasteiger partial charge in [0, 0.05) is 30.1 Å². The molecule has 0 fully saturated rings. The molecule has 0 spiro atoms. The standard InChI is InChI=1S/C10H8N4O4.Na/c15-9(16)5-8-11-10(13-12-8)6-1-3-7(4-2-6)14(17)18;/h1-4H,5H2,(H,15,16)(H,11,12,13);/q;+1/p-1. The van der Waals surface area contributed by atoms with Crippen molar-refractivity contribution in [1.29, 1.82) is 0 Å². The van der Waals surface area contributed by atoms with Gasteiger partial charge in [0.05, 0.1) is 4.92 Å². The Bertz CT molecular complexity index is 596. The molecule has 1 aromatic heterocycles. The Balaban J connectivity index is 0.00000180. The summed E-state index contributed by atoms with van der Waals surface area (Å²) in [6.45, 7) is 0. The Morgan fingerprint density at radius 1 is 1.32 bits per heavy atom. The zero-order valence-electron chi connectivity index (χ0n) is 9.99. The minimum atomic E-state index is -1.26. The molecule has 1 N–H and O–H groups in total. The number of carbonyl (C=O) groups is 1.